The normalized spacial score (nSPS) is 14.8. The average molecular weight is 436 g/mol. The maximum atomic E-state index is 13.1. The van der Waals surface area contributed by atoms with Crippen LogP contribution in [0, 0.1) is 11.7 Å². The van der Waals surface area contributed by atoms with Crippen molar-refractivity contribution in [3.05, 3.63) is 65.7 Å². The van der Waals surface area contributed by atoms with Crippen molar-refractivity contribution in [1.82, 2.24) is 19.9 Å². The Hall–Kier alpha value is -3.59. The lowest BCUT2D eigenvalue weighted by Gasteiger charge is -2.30. The number of halogens is 1. The van der Waals surface area contributed by atoms with Gasteiger partial charge in [-0.25, -0.2) is 4.39 Å². The molecule has 2 heterocycles. The highest BCUT2D eigenvalue weighted by Gasteiger charge is 2.26. The van der Waals surface area contributed by atoms with Gasteiger partial charge in [-0.1, -0.05) is 0 Å². The molecule has 8 nitrogen and oxygen atoms in total. The van der Waals surface area contributed by atoms with Crippen LogP contribution in [0.25, 0.3) is 0 Å². The van der Waals surface area contributed by atoms with Crippen molar-refractivity contribution >= 4 is 23.4 Å². The molecule has 1 saturated heterocycles. The molecule has 166 valence electrons. The van der Waals surface area contributed by atoms with Crippen LogP contribution in [0.4, 0.5) is 22.0 Å². The Morgan fingerprint density at radius 2 is 1.78 bits per heavy atom. The maximum Gasteiger partial charge on any atom is 0.232 e. The predicted molar refractivity (Wildman–Crippen MR) is 119 cm³/mol. The number of likely N-dealkylation sites (tertiary alicyclic amines) is 1. The Bertz CT molecular complexity index is 1070. The monoisotopic (exact) mass is 436 g/mol. The quantitative estimate of drug-likeness (QED) is 0.543. The van der Waals surface area contributed by atoms with Crippen LogP contribution in [-0.2, 0) is 6.54 Å². The number of ketones is 1. The van der Waals surface area contributed by atoms with E-state index in [4.69, 9.17) is 10.5 Å². The molecule has 1 fully saturated rings. The molecule has 9 heteroatoms. The predicted octanol–water partition coefficient (Wildman–Crippen LogP) is 3.44. The molecule has 0 unspecified atom stereocenters. The summed E-state index contributed by atoms with van der Waals surface area (Å²) in [4.78, 5) is 27.8. The second-order valence-corrected chi connectivity index (χ2v) is 7.71. The van der Waals surface area contributed by atoms with E-state index in [0.29, 0.717) is 29.6 Å². The molecule has 0 aliphatic carbocycles. The number of benzene rings is 2. The largest absolute Gasteiger partial charge is 0.497 e. The number of carbonyl (C=O) groups excluding carboxylic acids is 1. The minimum absolute atomic E-state index is 0.00113. The van der Waals surface area contributed by atoms with Crippen LogP contribution in [0.2, 0.25) is 0 Å². The SMILES string of the molecule is COc1ccc(C(=O)C2CCN(Cc3nc(N)nc(Nc4ccc(F)cc4)n3)CC2)cc1. The lowest BCUT2D eigenvalue weighted by atomic mass is 9.89. The Labute approximate surface area is 185 Å². The summed E-state index contributed by atoms with van der Waals surface area (Å²) in [5.74, 6) is 1.55. The lowest BCUT2D eigenvalue weighted by molar-refractivity contribution is 0.0833. The molecule has 1 aliphatic rings. The number of Topliss-reactive ketones (excluding diaryl/α,β-unsaturated/α-hetero) is 1. The van der Waals surface area contributed by atoms with E-state index in [9.17, 15) is 9.18 Å². The van der Waals surface area contributed by atoms with E-state index in [1.54, 1.807) is 19.2 Å². The third-order valence-electron chi connectivity index (χ3n) is 5.50. The van der Waals surface area contributed by atoms with Gasteiger partial charge in [-0.05, 0) is 74.5 Å². The van der Waals surface area contributed by atoms with E-state index in [2.05, 4.69) is 25.2 Å². The molecule has 0 spiro atoms. The number of rotatable bonds is 7. The third kappa shape index (κ3) is 5.36. The topological polar surface area (TPSA) is 106 Å². The van der Waals surface area contributed by atoms with Gasteiger partial charge in [-0.15, -0.1) is 0 Å². The van der Waals surface area contributed by atoms with Gasteiger partial charge in [0.2, 0.25) is 11.9 Å². The van der Waals surface area contributed by atoms with Crippen LogP contribution in [0.1, 0.15) is 29.0 Å². The molecule has 0 saturated carbocycles. The third-order valence-corrected chi connectivity index (χ3v) is 5.50. The second-order valence-electron chi connectivity index (χ2n) is 7.71. The first kappa shape index (κ1) is 21.6. The summed E-state index contributed by atoms with van der Waals surface area (Å²) < 4.78 is 18.3. The smallest absolute Gasteiger partial charge is 0.232 e. The van der Waals surface area contributed by atoms with Gasteiger partial charge in [-0.2, -0.15) is 15.0 Å². The fourth-order valence-corrected chi connectivity index (χ4v) is 3.77. The number of nitrogens with zero attached hydrogens (tertiary/aromatic N) is 4. The number of ether oxygens (including phenoxy) is 1. The molecule has 0 radical (unpaired) electrons. The Balaban J connectivity index is 1.34. The Kier molecular flexibility index (Phi) is 6.55. The number of nitrogens with one attached hydrogen (secondary N) is 1. The van der Waals surface area contributed by atoms with Gasteiger partial charge >= 0.3 is 0 Å². The first-order valence-electron chi connectivity index (χ1n) is 10.4. The van der Waals surface area contributed by atoms with Crippen LogP contribution in [0.15, 0.2) is 48.5 Å². The zero-order chi connectivity index (χ0) is 22.5. The highest BCUT2D eigenvalue weighted by atomic mass is 19.1. The van der Waals surface area contributed by atoms with E-state index in [0.717, 1.165) is 31.7 Å². The maximum absolute atomic E-state index is 13.1. The van der Waals surface area contributed by atoms with Crippen LogP contribution in [0.3, 0.4) is 0 Å². The summed E-state index contributed by atoms with van der Waals surface area (Å²) in [6.45, 7) is 2.03. The van der Waals surface area contributed by atoms with E-state index in [1.165, 1.54) is 12.1 Å². The number of nitrogen functional groups attached to an aromatic ring is 1. The van der Waals surface area contributed by atoms with Crippen LogP contribution >= 0.6 is 0 Å². The Morgan fingerprint density at radius 3 is 2.44 bits per heavy atom. The summed E-state index contributed by atoms with van der Waals surface area (Å²) in [5.41, 5.74) is 7.22. The van der Waals surface area contributed by atoms with Crippen LogP contribution < -0.4 is 15.8 Å². The molecule has 1 aliphatic heterocycles. The van der Waals surface area contributed by atoms with Gasteiger partial charge in [0.15, 0.2) is 5.78 Å². The number of methoxy groups -OCH3 is 1. The van der Waals surface area contributed by atoms with Crippen molar-refractivity contribution < 1.29 is 13.9 Å². The molecular weight excluding hydrogens is 411 g/mol. The number of anilines is 3. The first-order valence-corrected chi connectivity index (χ1v) is 10.4. The summed E-state index contributed by atoms with van der Waals surface area (Å²) in [5, 5.41) is 3.02. The first-order chi connectivity index (χ1) is 15.5. The molecule has 4 rings (SSSR count). The molecule has 3 N–H and O–H groups in total. The Morgan fingerprint density at radius 1 is 1.09 bits per heavy atom. The minimum atomic E-state index is -0.319. The van der Waals surface area contributed by atoms with Crippen LogP contribution in [0.5, 0.6) is 5.75 Å². The lowest BCUT2D eigenvalue weighted by Crippen LogP contribution is -2.36. The molecular formula is C23H25FN6O2. The molecule has 3 aromatic rings. The fraction of sp³-hybridized carbons (Fsp3) is 0.304. The number of carbonyl (C=O) groups is 1. The van der Waals surface area contributed by atoms with Crippen molar-refractivity contribution in [1.29, 1.82) is 0 Å². The average Bonchev–Trinajstić information content (AvgIpc) is 2.80. The van der Waals surface area contributed by atoms with Crippen molar-refractivity contribution in [3.63, 3.8) is 0 Å². The van der Waals surface area contributed by atoms with Crippen molar-refractivity contribution in [2.24, 2.45) is 5.92 Å². The second kappa shape index (κ2) is 9.69. The molecule has 32 heavy (non-hydrogen) atoms. The van der Waals surface area contributed by atoms with Gasteiger partial charge in [0, 0.05) is 17.2 Å². The van der Waals surface area contributed by atoms with E-state index in [1.807, 2.05) is 24.3 Å². The number of hydrogen-bond acceptors (Lipinski definition) is 8. The van der Waals surface area contributed by atoms with Gasteiger partial charge in [-0.3, -0.25) is 9.69 Å². The molecule has 0 atom stereocenters. The summed E-state index contributed by atoms with van der Waals surface area (Å²) in [6.07, 6.45) is 1.54. The van der Waals surface area contributed by atoms with Crippen molar-refractivity contribution in [2.75, 3.05) is 31.2 Å². The zero-order valence-corrected chi connectivity index (χ0v) is 17.8. The summed E-state index contributed by atoms with van der Waals surface area (Å²) >= 11 is 0. The van der Waals surface area contributed by atoms with Gasteiger partial charge in [0.25, 0.3) is 0 Å². The van der Waals surface area contributed by atoms with Crippen molar-refractivity contribution in [3.8, 4) is 5.75 Å². The van der Waals surface area contributed by atoms with E-state index < -0.39 is 0 Å². The van der Waals surface area contributed by atoms with E-state index >= 15 is 0 Å². The molecule has 0 amide bonds. The van der Waals surface area contributed by atoms with E-state index in [-0.39, 0.29) is 23.5 Å². The van der Waals surface area contributed by atoms with Crippen LogP contribution in [-0.4, -0.2) is 45.8 Å². The molecule has 1 aromatic heterocycles. The number of piperidine rings is 1. The van der Waals surface area contributed by atoms with Gasteiger partial charge in [0.05, 0.1) is 13.7 Å². The summed E-state index contributed by atoms with van der Waals surface area (Å²) in [7, 11) is 1.61. The van der Waals surface area contributed by atoms with Crippen molar-refractivity contribution in [2.45, 2.75) is 19.4 Å². The molecule has 0 bridgehead atoms. The van der Waals surface area contributed by atoms with Gasteiger partial charge < -0.3 is 15.8 Å². The number of hydrogen-bond donors (Lipinski definition) is 2. The number of nitrogens with two attached hydrogens (primary N) is 1. The standard InChI is InChI=1S/C23H25FN6O2/c1-32-19-8-2-15(3-9-19)21(31)16-10-12-30(13-11-16)14-20-27-22(25)29-23(28-20)26-18-6-4-17(24)5-7-18/h2-9,16H,10-14H2,1H3,(H3,25,26,27,28,29). The minimum Gasteiger partial charge on any atom is -0.497 e. The zero-order valence-electron chi connectivity index (χ0n) is 17.8. The highest BCUT2D eigenvalue weighted by molar-refractivity contribution is 5.98. The fourth-order valence-electron chi connectivity index (χ4n) is 3.77. The summed E-state index contributed by atoms with van der Waals surface area (Å²) in [6, 6.07) is 13.2. The number of aromatic nitrogens is 3. The molecule has 2 aromatic carbocycles. The van der Waals surface area contributed by atoms with Gasteiger partial charge in [0.1, 0.15) is 17.4 Å². The highest BCUT2D eigenvalue weighted by Crippen LogP contribution is 2.24.